The summed E-state index contributed by atoms with van der Waals surface area (Å²) in [5.74, 6) is 0.538. The van der Waals surface area contributed by atoms with E-state index in [-0.39, 0.29) is 5.91 Å². The lowest BCUT2D eigenvalue weighted by molar-refractivity contribution is -0.150. The summed E-state index contributed by atoms with van der Waals surface area (Å²) in [6.07, 6.45) is -0.709. The smallest absolute Gasteiger partial charge is 0.347 e. The minimum absolute atomic E-state index is 0.241. The van der Waals surface area contributed by atoms with Gasteiger partial charge < -0.3 is 19.5 Å². The number of methoxy groups -OCH3 is 1. The van der Waals surface area contributed by atoms with E-state index in [1.807, 2.05) is 0 Å². The zero-order chi connectivity index (χ0) is 18.2. The molecule has 2 aromatic rings. The van der Waals surface area contributed by atoms with E-state index in [2.05, 4.69) is 5.32 Å². The summed E-state index contributed by atoms with van der Waals surface area (Å²) in [5.41, 5.74) is 1.15. The normalized spacial score (nSPS) is 11.3. The van der Waals surface area contributed by atoms with E-state index in [9.17, 15) is 9.59 Å². The van der Waals surface area contributed by atoms with Crippen molar-refractivity contribution in [1.82, 2.24) is 0 Å². The highest BCUT2D eigenvalue weighted by atomic mass is 16.6. The van der Waals surface area contributed by atoms with E-state index in [1.165, 1.54) is 0 Å². The maximum Gasteiger partial charge on any atom is 0.347 e. The highest BCUT2D eigenvalue weighted by Gasteiger charge is 2.16. The number of benzene rings is 2. The van der Waals surface area contributed by atoms with Gasteiger partial charge in [-0.1, -0.05) is 0 Å². The molecule has 0 aliphatic rings. The molecule has 132 valence electrons. The highest BCUT2D eigenvalue weighted by molar-refractivity contribution is 6.04. The number of amides is 1. The first-order chi connectivity index (χ1) is 12.0. The Labute approximate surface area is 146 Å². The summed E-state index contributed by atoms with van der Waals surface area (Å²) in [7, 11) is 1.58. The number of hydrogen-bond donors (Lipinski definition) is 1. The van der Waals surface area contributed by atoms with Crippen molar-refractivity contribution in [3.63, 3.8) is 0 Å². The standard InChI is InChI=1S/C19H21NO5/c1-4-24-19(22)13(2)25-17-9-5-14(6-10-17)18(21)20-15-7-11-16(23-3)12-8-15/h5-13H,4H2,1-3H3,(H,20,21)/t13-/m0/s1. The summed E-state index contributed by atoms with van der Waals surface area (Å²) < 4.78 is 15.4. The van der Waals surface area contributed by atoms with Gasteiger partial charge in [-0.3, -0.25) is 4.79 Å². The molecule has 0 saturated carbocycles. The molecule has 25 heavy (non-hydrogen) atoms. The van der Waals surface area contributed by atoms with E-state index in [0.717, 1.165) is 5.75 Å². The second kappa shape index (κ2) is 8.73. The van der Waals surface area contributed by atoms with E-state index in [0.29, 0.717) is 23.6 Å². The number of ether oxygens (including phenoxy) is 3. The van der Waals surface area contributed by atoms with Gasteiger partial charge >= 0.3 is 5.97 Å². The number of carbonyl (C=O) groups is 2. The first-order valence-electron chi connectivity index (χ1n) is 7.92. The topological polar surface area (TPSA) is 73.9 Å². The van der Waals surface area contributed by atoms with Crippen molar-refractivity contribution in [3.8, 4) is 11.5 Å². The van der Waals surface area contributed by atoms with Crippen LogP contribution in [0.15, 0.2) is 48.5 Å². The number of anilines is 1. The molecule has 2 aromatic carbocycles. The van der Waals surface area contributed by atoms with Gasteiger partial charge in [0.1, 0.15) is 11.5 Å². The lowest BCUT2D eigenvalue weighted by Gasteiger charge is -2.13. The molecule has 0 heterocycles. The lowest BCUT2D eigenvalue weighted by atomic mass is 10.2. The zero-order valence-electron chi connectivity index (χ0n) is 14.4. The second-order valence-electron chi connectivity index (χ2n) is 5.22. The van der Waals surface area contributed by atoms with Crippen LogP contribution in [0.2, 0.25) is 0 Å². The zero-order valence-corrected chi connectivity index (χ0v) is 14.4. The van der Waals surface area contributed by atoms with E-state index in [1.54, 1.807) is 69.5 Å². The molecule has 0 radical (unpaired) electrons. The molecule has 1 amide bonds. The number of nitrogens with one attached hydrogen (secondary N) is 1. The van der Waals surface area contributed by atoms with Gasteiger partial charge in [0, 0.05) is 11.3 Å². The molecule has 1 N–H and O–H groups in total. The largest absolute Gasteiger partial charge is 0.497 e. The van der Waals surface area contributed by atoms with Crippen molar-refractivity contribution in [2.75, 3.05) is 19.0 Å². The third-order valence-corrected chi connectivity index (χ3v) is 3.40. The van der Waals surface area contributed by atoms with Crippen molar-refractivity contribution < 1.29 is 23.8 Å². The third kappa shape index (κ3) is 5.24. The van der Waals surface area contributed by atoms with Crippen LogP contribution in [0.5, 0.6) is 11.5 Å². The van der Waals surface area contributed by atoms with Crippen molar-refractivity contribution in [2.24, 2.45) is 0 Å². The first kappa shape index (κ1) is 18.3. The Kier molecular flexibility index (Phi) is 6.39. The first-order valence-corrected chi connectivity index (χ1v) is 7.92. The molecule has 0 aliphatic heterocycles. The SMILES string of the molecule is CCOC(=O)[C@H](C)Oc1ccc(C(=O)Nc2ccc(OC)cc2)cc1. The third-order valence-electron chi connectivity index (χ3n) is 3.40. The quantitative estimate of drug-likeness (QED) is 0.781. The maximum atomic E-state index is 12.2. The summed E-state index contributed by atoms with van der Waals surface area (Å²) in [5, 5.41) is 2.80. The predicted octanol–water partition coefficient (Wildman–Crippen LogP) is 3.28. The molecule has 2 rings (SSSR count). The summed E-state index contributed by atoms with van der Waals surface area (Å²) >= 11 is 0. The molecule has 0 saturated heterocycles. The van der Waals surface area contributed by atoms with Gasteiger partial charge in [0.2, 0.25) is 0 Å². The molecular formula is C19H21NO5. The van der Waals surface area contributed by atoms with E-state index in [4.69, 9.17) is 14.2 Å². The molecule has 6 heteroatoms. The Morgan fingerprint density at radius 3 is 2.16 bits per heavy atom. The van der Waals surface area contributed by atoms with Crippen molar-refractivity contribution >= 4 is 17.6 Å². The van der Waals surface area contributed by atoms with Crippen LogP contribution in [-0.2, 0) is 9.53 Å². The predicted molar refractivity (Wildman–Crippen MR) is 94.1 cm³/mol. The van der Waals surface area contributed by atoms with Crippen LogP contribution in [0.1, 0.15) is 24.2 Å². The monoisotopic (exact) mass is 343 g/mol. The number of rotatable bonds is 7. The van der Waals surface area contributed by atoms with Gasteiger partial charge in [0.05, 0.1) is 13.7 Å². The van der Waals surface area contributed by atoms with Gasteiger partial charge in [0.25, 0.3) is 5.91 Å². The van der Waals surface area contributed by atoms with Gasteiger partial charge in [-0.2, -0.15) is 0 Å². The Morgan fingerprint density at radius 2 is 1.60 bits per heavy atom. The van der Waals surface area contributed by atoms with Crippen LogP contribution < -0.4 is 14.8 Å². The molecule has 6 nitrogen and oxygen atoms in total. The second-order valence-corrected chi connectivity index (χ2v) is 5.22. The molecule has 0 aliphatic carbocycles. The van der Waals surface area contributed by atoms with E-state index >= 15 is 0 Å². The molecule has 0 fully saturated rings. The maximum absolute atomic E-state index is 12.2. The highest BCUT2D eigenvalue weighted by Crippen LogP contribution is 2.18. The molecule has 0 bridgehead atoms. The summed E-state index contributed by atoms with van der Waals surface area (Å²) in [4.78, 5) is 23.8. The Bertz CT molecular complexity index is 710. The fourth-order valence-electron chi connectivity index (χ4n) is 2.07. The fourth-order valence-corrected chi connectivity index (χ4v) is 2.07. The van der Waals surface area contributed by atoms with Crippen LogP contribution in [-0.4, -0.2) is 31.7 Å². The molecule has 0 spiro atoms. The van der Waals surface area contributed by atoms with Crippen molar-refractivity contribution in [2.45, 2.75) is 20.0 Å². The lowest BCUT2D eigenvalue weighted by Crippen LogP contribution is -2.26. The summed E-state index contributed by atoms with van der Waals surface area (Å²) in [6.45, 7) is 3.65. The Balaban J connectivity index is 1.96. The number of carbonyl (C=O) groups excluding carboxylic acids is 2. The van der Waals surface area contributed by atoms with Crippen LogP contribution in [0.25, 0.3) is 0 Å². The Hall–Kier alpha value is -3.02. The Morgan fingerprint density at radius 1 is 1.00 bits per heavy atom. The van der Waals surface area contributed by atoms with Crippen molar-refractivity contribution in [1.29, 1.82) is 0 Å². The molecule has 0 aromatic heterocycles. The van der Waals surface area contributed by atoms with Crippen LogP contribution in [0.4, 0.5) is 5.69 Å². The van der Waals surface area contributed by atoms with Gasteiger partial charge in [-0.05, 0) is 62.4 Å². The average Bonchev–Trinajstić information content (AvgIpc) is 2.63. The number of esters is 1. The average molecular weight is 343 g/mol. The molecule has 1 atom stereocenters. The number of hydrogen-bond acceptors (Lipinski definition) is 5. The fraction of sp³-hybridized carbons (Fsp3) is 0.263. The minimum Gasteiger partial charge on any atom is -0.497 e. The van der Waals surface area contributed by atoms with Gasteiger partial charge in [-0.25, -0.2) is 4.79 Å². The van der Waals surface area contributed by atoms with E-state index < -0.39 is 12.1 Å². The molecular weight excluding hydrogens is 322 g/mol. The van der Waals surface area contributed by atoms with Crippen LogP contribution >= 0.6 is 0 Å². The van der Waals surface area contributed by atoms with Gasteiger partial charge in [-0.15, -0.1) is 0 Å². The molecule has 0 unspecified atom stereocenters. The van der Waals surface area contributed by atoms with Crippen LogP contribution in [0, 0.1) is 0 Å². The van der Waals surface area contributed by atoms with Crippen LogP contribution in [0.3, 0.4) is 0 Å². The summed E-state index contributed by atoms with van der Waals surface area (Å²) in [6, 6.07) is 13.6. The minimum atomic E-state index is -0.709. The van der Waals surface area contributed by atoms with Crippen molar-refractivity contribution in [3.05, 3.63) is 54.1 Å². The van der Waals surface area contributed by atoms with Gasteiger partial charge in [0.15, 0.2) is 6.10 Å².